The number of nitrogens with zero attached hydrogens (tertiary/aromatic N) is 1. The van der Waals surface area contributed by atoms with E-state index in [-0.39, 0.29) is 10.0 Å². The fourth-order valence-electron chi connectivity index (χ4n) is 1.64. The van der Waals surface area contributed by atoms with Gasteiger partial charge in [-0.15, -0.1) is 0 Å². The summed E-state index contributed by atoms with van der Waals surface area (Å²) in [4.78, 5) is 3.77. The van der Waals surface area contributed by atoms with Gasteiger partial charge in [0, 0.05) is 10.7 Å². The number of nitrogens with one attached hydrogen (secondary N) is 1. The van der Waals surface area contributed by atoms with E-state index in [1.807, 2.05) is 26.0 Å². The lowest BCUT2D eigenvalue weighted by molar-refractivity contribution is 0.600. The summed E-state index contributed by atoms with van der Waals surface area (Å²) in [5, 5.41) is -0.0639. The topological polar surface area (TPSA) is 59.1 Å². The maximum Gasteiger partial charge on any atom is 0.265 e. The molecule has 0 saturated carbocycles. The molecule has 0 aliphatic rings. The highest BCUT2D eigenvalue weighted by Crippen LogP contribution is 2.26. The highest BCUT2D eigenvalue weighted by Gasteiger charge is 2.20. The molecule has 0 unspecified atom stereocenters. The van der Waals surface area contributed by atoms with Crippen molar-refractivity contribution in [2.75, 3.05) is 4.72 Å². The van der Waals surface area contributed by atoms with Crippen molar-refractivity contribution >= 4 is 43.2 Å². The van der Waals surface area contributed by atoms with Gasteiger partial charge in [0.1, 0.15) is 10.0 Å². The third kappa shape index (κ3) is 3.31. The van der Waals surface area contributed by atoms with E-state index in [9.17, 15) is 8.42 Å². The van der Waals surface area contributed by atoms with Crippen LogP contribution in [0.2, 0.25) is 5.15 Å². The van der Waals surface area contributed by atoms with Crippen molar-refractivity contribution in [2.45, 2.75) is 18.7 Å². The highest BCUT2D eigenvalue weighted by molar-refractivity contribution is 9.10. The molecule has 0 atom stereocenters. The molecular weight excluding hydrogens is 364 g/mol. The molecule has 1 heterocycles. The zero-order valence-electron chi connectivity index (χ0n) is 10.8. The number of hydrogen-bond donors (Lipinski definition) is 1. The Labute approximate surface area is 131 Å². The number of anilines is 1. The molecule has 1 N–H and O–H groups in total. The second-order valence-corrected chi connectivity index (χ2v) is 7.29. The summed E-state index contributed by atoms with van der Waals surface area (Å²) in [6.07, 6.45) is 1.44. The number of aryl methyl sites for hydroxylation is 2. The summed E-state index contributed by atoms with van der Waals surface area (Å²) < 4.78 is 27.8. The first-order valence-corrected chi connectivity index (χ1v) is 8.36. The molecule has 1 aromatic carbocycles. The number of hydrogen-bond acceptors (Lipinski definition) is 3. The zero-order valence-corrected chi connectivity index (χ0v) is 14.0. The van der Waals surface area contributed by atoms with Crippen LogP contribution in [0.5, 0.6) is 0 Å². The Morgan fingerprint density at radius 1 is 1.25 bits per heavy atom. The Hall–Kier alpha value is -1.11. The molecule has 7 heteroatoms. The third-order valence-corrected chi connectivity index (χ3v) is 4.93. The van der Waals surface area contributed by atoms with E-state index < -0.39 is 10.0 Å². The Morgan fingerprint density at radius 3 is 2.65 bits per heavy atom. The molecule has 1 aromatic heterocycles. The van der Waals surface area contributed by atoms with Crippen molar-refractivity contribution in [2.24, 2.45) is 0 Å². The smallest absolute Gasteiger partial charge is 0.265 e. The van der Waals surface area contributed by atoms with Crippen LogP contribution < -0.4 is 4.72 Å². The number of benzene rings is 1. The van der Waals surface area contributed by atoms with Gasteiger partial charge in [0.2, 0.25) is 0 Å². The second-order valence-electron chi connectivity index (χ2n) is 4.37. The summed E-state index contributed by atoms with van der Waals surface area (Å²) >= 11 is 9.05. The molecule has 0 aliphatic heterocycles. The van der Waals surface area contributed by atoms with E-state index in [1.165, 1.54) is 12.3 Å². The molecule has 0 fully saturated rings. The van der Waals surface area contributed by atoms with Crippen molar-refractivity contribution in [1.82, 2.24) is 4.98 Å². The van der Waals surface area contributed by atoms with E-state index in [0.717, 1.165) is 11.1 Å². The van der Waals surface area contributed by atoms with Gasteiger partial charge in [-0.05, 0) is 53.0 Å². The van der Waals surface area contributed by atoms with Crippen molar-refractivity contribution in [3.63, 3.8) is 0 Å². The summed E-state index contributed by atoms with van der Waals surface area (Å²) in [6, 6.07) is 6.96. The lowest BCUT2D eigenvalue weighted by Crippen LogP contribution is -2.15. The van der Waals surface area contributed by atoms with Crippen LogP contribution in [0.3, 0.4) is 0 Å². The van der Waals surface area contributed by atoms with Crippen molar-refractivity contribution in [3.05, 3.63) is 51.2 Å². The number of aromatic nitrogens is 1. The van der Waals surface area contributed by atoms with Gasteiger partial charge in [0.25, 0.3) is 10.0 Å². The van der Waals surface area contributed by atoms with Gasteiger partial charge in [-0.1, -0.05) is 23.7 Å². The fourth-order valence-corrected chi connectivity index (χ4v) is 3.70. The first-order chi connectivity index (χ1) is 9.29. The van der Waals surface area contributed by atoms with Crippen LogP contribution in [0.4, 0.5) is 5.69 Å². The minimum atomic E-state index is -3.78. The zero-order chi connectivity index (χ0) is 14.9. The summed E-state index contributed by atoms with van der Waals surface area (Å²) in [5.74, 6) is 0. The van der Waals surface area contributed by atoms with Crippen LogP contribution in [-0.2, 0) is 10.0 Å². The predicted octanol–water partition coefficient (Wildman–Crippen LogP) is 3.92. The van der Waals surface area contributed by atoms with Gasteiger partial charge >= 0.3 is 0 Å². The molecule has 0 amide bonds. The van der Waals surface area contributed by atoms with Crippen molar-refractivity contribution < 1.29 is 8.42 Å². The summed E-state index contributed by atoms with van der Waals surface area (Å²) in [7, 11) is -3.78. The maximum atomic E-state index is 12.4. The van der Waals surface area contributed by atoms with Crippen LogP contribution >= 0.6 is 27.5 Å². The monoisotopic (exact) mass is 374 g/mol. The summed E-state index contributed by atoms with van der Waals surface area (Å²) in [5.41, 5.74) is 2.33. The normalized spacial score (nSPS) is 11.4. The minimum Gasteiger partial charge on any atom is -0.279 e. The number of pyridine rings is 1. The lowest BCUT2D eigenvalue weighted by Gasteiger charge is -2.12. The average Bonchev–Trinajstić information content (AvgIpc) is 2.36. The van der Waals surface area contributed by atoms with Gasteiger partial charge in [-0.25, -0.2) is 13.4 Å². The second kappa shape index (κ2) is 5.71. The fraction of sp³-hybridized carbons (Fsp3) is 0.154. The quantitative estimate of drug-likeness (QED) is 0.827. The van der Waals surface area contributed by atoms with Crippen molar-refractivity contribution in [3.8, 4) is 0 Å². The molecule has 2 rings (SSSR count). The van der Waals surface area contributed by atoms with Crippen molar-refractivity contribution in [1.29, 1.82) is 0 Å². The Kier molecular flexibility index (Phi) is 4.36. The SMILES string of the molecule is Cc1ccc(C)c(NS(=O)(=O)c2cc(Br)cnc2Cl)c1. The van der Waals surface area contributed by atoms with E-state index in [1.54, 1.807) is 6.07 Å². The average molecular weight is 376 g/mol. The Morgan fingerprint density at radius 2 is 1.95 bits per heavy atom. The molecule has 0 bridgehead atoms. The van der Waals surface area contributed by atoms with E-state index >= 15 is 0 Å². The summed E-state index contributed by atoms with van der Waals surface area (Å²) in [6.45, 7) is 3.73. The van der Waals surface area contributed by atoms with Gasteiger partial charge in [-0.3, -0.25) is 4.72 Å². The molecule has 106 valence electrons. The predicted molar refractivity (Wildman–Crippen MR) is 83.7 cm³/mol. The van der Waals surface area contributed by atoms with Gasteiger partial charge in [0.05, 0.1) is 5.69 Å². The minimum absolute atomic E-state index is 0.0607. The molecule has 2 aromatic rings. The Balaban J connectivity index is 2.46. The van der Waals surface area contributed by atoms with Gasteiger partial charge < -0.3 is 0 Å². The van der Waals surface area contributed by atoms with Crippen LogP contribution in [0.15, 0.2) is 39.8 Å². The van der Waals surface area contributed by atoms with Crippen LogP contribution in [0.1, 0.15) is 11.1 Å². The van der Waals surface area contributed by atoms with E-state index in [2.05, 4.69) is 25.6 Å². The van der Waals surface area contributed by atoms with E-state index in [0.29, 0.717) is 10.2 Å². The molecule has 0 aliphatic carbocycles. The molecule has 0 spiro atoms. The van der Waals surface area contributed by atoms with Crippen LogP contribution in [0.25, 0.3) is 0 Å². The molecular formula is C13H12BrClN2O2S. The van der Waals surface area contributed by atoms with E-state index in [4.69, 9.17) is 11.6 Å². The highest BCUT2D eigenvalue weighted by atomic mass is 79.9. The van der Waals surface area contributed by atoms with Crippen LogP contribution in [0, 0.1) is 13.8 Å². The first-order valence-electron chi connectivity index (χ1n) is 5.71. The molecule has 0 radical (unpaired) electrons. The van der Waals surface area contributed by atoms with Crippen LogP contribution in [-0.4, -0.2) is 13.4 Å². The number of halogens is 2. The first kappa shape index (κ1) is 15.3. The van der Waals surface area contributed by atoms with Gasteiger partial charge in [0.15, 0.2) is 0 Å². The number of sulfonamides is 1. The molecule has 0 saturated heterocycles. The van der Waals surface area contributed by atoms with Gasteiger partial charge in [-0.2, -0.15) is 0 Å². The molecule has 4 nitrogen and oxygen atoms in total. The standard InChI is InChI=1S/C13H12BrClN2O2S/c1-8-3-4-9(2)11(5-8)17-20(18,19)12-6-10(14)7-16-13(12)15/h3-7,17H,1-2H3. The Bertz CT molecular complexity index is 763. The number of rotatable bonds is 3. The largest absolute Gasteiger partial charge is 0.279 e. The maximum absolute atomic E-state index is 12.4. The molecule has 20 heavy (non-hydrogen) atoms. The lowest BCUT2D eigenvalue weighted by atomic mass is 10.1. The third-order valence-electron chi connectivity index (χ3n) is 2.70.